The molecule has 0 saturated heterocycles. The van der Waals surface area contributed by atoms with E-state index < -0.39 is 0 Å². The predicted octanol–water partition coefficient (Wildman–Crippen LogP) is 3.86. The number of carbonyl (C=O) groups is 2. The Hall–Kier alpha value is -3.39. The Morgan fingerprint density at radius 3 is 2.58 bits per heavy atom. The molecule has 1 heterocycles. The fourth-order valence-electron chi connectivity index (χ4n) is 3.48. The number of aromatic amines is 1. The van der Waals surface area contributed by atoms with E-state index in [1.165, 1.54) is 0 Å². The van der Waals surface area contributed by atoms with Crippen molar-refractivity contribution < 1.29 is 9.59 Å². The first-order valence-corrected chi connectivity index (χ1v) is 11.2. The highest BCUT2D eigenvalue weighted by Gasteiger charge is 2.14. The Morgan fingerprint density at radius 1 is 1.06 bits per heavy atom. The van der Waals surface area contributed by atoms with Gasteiger partial charge in [0, 0.05) is 42.0 Å². The zero-order valence-electron chi connectivity index (χ0n) is 18.7. The normalized spacial score (nSPS) is 11.7. The minimum Gasteiger partial charge on any atom is -0.368 e. The van der Waals surface area contributed by atoms with Crippen LogP contribution in [0.1, 0.15) is 31.7 Å². The molecular weight excluding hydrogens is 442 g/mol. The number of carbonyl (C=O) groups excluding carboxylic acids is 2. The summed E-state index contributed by atoms with van der Waals surface area (Å²) in [5.74, 6) is 0.262. The average Bonchev–Trinajstić information content (AvgIpc) is 2.77. The van der Waals surface area contributed by atoms with Crippen LogP contribution >= 0.6 is 11.6 Å². The van der Waals surface area contributed by atoms with E-state index in [9.17, 15) is 14.4 Å². The zero-order valence-corrected chi connectivity index (χ0v) is 19.5. The van der Waals surface area contributed by atoms with Crippen LogP contribution in [0, 0.1) is 12.8 Å². The van der Waals surface area contributed by atoms with Gasteiger partial charge in [0.2, 0.25) is 11.8 Å². The third-order valence-electron chi connectivity index (χ3n) is 5.21. The van der Waals surface area contributed by atoms with E-state index in [1.54, 1.807) is 24.3 Å². The summed E-state index contributed by atoms with van der Waals surface area (Å²) in [5, 5.41) is 17.4. The highest BCUT2D eigenvalue weighted by Crippen LogP contribution is 2.21. The summed E-state index contributed by atoms with van der Waals surface area (Å²) >= 11 is 5.99. The second-order valence-electron chi connectivity index (χ2n) is 8.10. The number of benzene rings is 2. The van der Waals surface area contributed by atoms with Gasteiger partial charge in [0.15, 0.2) is 5.82 Å². The Labute approximate surface area is 197 Å². The summed E-state index contributed by atoms with van der Waals surface area (Å²) in [6.45, 7) is 4.85. The summed E-state index contributed by atoms with van der Waals surface area (Å²) < 4.78 is 0. The summed E-state index contributed by atoms with van der Waals surface area (Å²) in [5.41, 5.74) is 1.38. The van der Waals surface area contributed by atoms with E-state index in [2.05, 4.69) is 26.1 Å². The molecule has 0 fully saturated rings. The minimum atomic E-state index is -0.228. The number of nitrogens with zero attached hydrogens (tertiary/aromatic N) is 1. The van der Waals surface area contributed by atoms with Crippen LogP contribution in [-0.4, -0.2) is 35.1 Å². The lowest BCUT2D eigenvalue weighted by atomic mass is 10.0. The van der Waals surface area contributed by atoms with Gasteiger partial charge in [-0.05, 0) is 43.0 Å². The molecular formula is C24H28ClN5O3. The number of hydrogen-bond donors (Lipinski definition) is 4. The van der Waals surface area contributed by atoms with Gasteiger partial charge < -0.3 is 16.0 Å². The second kappa shape index (κ2) is 11.5. The topological polar surface area (TPSA) is 116 Å². The number of rotatable bonds is 10. The first kappa shape index (κ1) is 24.3. The van der Waals surface area contributed by atoms with E-state index in [1.807, 2.05) is 32.0 Å². The molecule has 33 heavy (non-hydrogen) atoms. The predicted molar refractivity (Wildman–Crippen MR) is 132 cm³/mol. The highest BCUT2D eigenvalue weighted by molar-refractivity contribution is 6.31. The van der Waals surface area contributed by atoms with Crippen LogP contribution in [0.5, 0.6) is 0 Å². The maximum atomic E-state index is 12.3. The lowest BCUT2D eigenvalue weighted by molar-refractivity contribution is -0.122. The Bertz CT molecular complexity index is 1190. The molecule has 0 radical (unpaired) electrons. The van der Waals surface area contributed by atoms with Crippen molar-refractivity contribution in [2.75, 3.05) is 23.7 Å². The molecule has 0 aliphatic rings. The molecule has 0 aliphatic heterocycles. The van der Waals surface area contributed by atoms with Gasteiger partial charge in [0.05, 0.1) is 5.39 Å². The molecule has 2 amide bonds. The van der Waals surface area contributed by atoms with Gasteiger partial charge in [-0.2, -0.15) is 5.10 Å². The fourth-order valence-corrected chi connectivity index (χ4v) is 3.65. The van der Waals surface area contributed by atoms with Crippen molar-refractivity contribution in [3.63, 3.8) is 0 Å². The maximum Gasteiger partial charge on any atom is 0.272 e. The van der Waals surface area contributed by atoms with Crippen LogP contribution in [0.25, 0.3) is 10.8 Å². The minimum absolute atomic E-state index is 0.0955. The number of amides is 2. The van der Waals surface area contributed by atoms with E-state index in [4.69, 9.17) is 11.6 Å². The van der Waals surface area contributed by atoms with Crippen LogP contribution in [-0.2, 0) is 9.59 Å². The first-order valence-electron chi connectivity index (χ1n) is 10.9. The molecule has 2 aromatic carbocycles. The third kappa shape index (κ3) is 7.05. The molecule has 3 aromatic rings. The van der Waals surface area contributed by atoms with Gasteiger partial charge in [-0.15, -0.1) is 0 Å². The molecule has 1 atom stereocenters. The Balaban J connectivity index is 1.36. The van der Waals surface area contributed by atoms with Crippen molar-refractivity contribution in [1.82, 2.24) is 15.5 Å². The van der Waals surface area contributed by atoms with Crippen molar-refractivity contribution in [3.8, 4) is 0 Å². The molecule has 8 nitrogen and oxygen atoms in total. The number of halogens is 1. The SMILES string of the molecule is Cc1ccc(Cl)cc1NC(=O)CC(C)CC(=O)NCCCNc1n[nH]c(=O)c2ccccc12. The van der Waals surface area contributed by atoms with Crippen LogP contribution in [0.4, 0.5) is 11.5 Å². The van der Waals surface area contributed by atoms with Gasteiger partial charge in [-0.25, -0.2) is 5.10 Å². The van der Waals surface area contributed by atoms with E-state index >= 15 is 0 Å². The number of nitrogens with one attached hydrogen (secondary N) is 4. The van der Waals surface area contributed by atoms with Crippen molar-refractivity contribution in [2.45, 2.75) is 33.1 Å². The lowest BCUT2D eigenvalue weighted by Crippen LogP contribution is -2.28. The molecule has 3 rings (SSSR count). The first-order chi connectivity index (χ1) is 15.8. The van der Waals surface area contributed by atoms with Crippen molar-refractivity contribution in [1.29, 1.82) is 0 Å². The van der Waals surface area contributed by atoms with Gasteiger partial charge >= 0.3 is 0 Å². The summed E-state index contributed by atoms with van der Waals surface area (Å²) in [7, 11) is 0. The molecule has 0 saturated carbocycles. The van der Waals surface area contributed by atoms with Crippen molar-refractivity contribution in [2.24, 2.45) is 5.92 Å². The van der Waals surface area contributed by atoms with E-state index in [0.717, 1.165) is 10.9 Å². The number of hydrogen-bond acceptors (Lipinski definition) is 5. The molecule has 0 spiro atoms. The Morgan fingerprint density at radius 2 is 1.79 bits per heavy atom. The van der Waals surface area contributed by atoms with E-state index in [0.29, 0.717) is 41.4 Å². The smallest absolute Gasteiger partial charge is 0.272 e. The number of anilines is 2. The number of aromatic nitrogens is 2. The van der Waals surface area contributed by atoms with Crippen molar-refractivity contribution >= 4 is 45.7 Å². The summed E-state index contributed by atoms with van der Waals surface area (Å²) in [6, 6.07) is 12.6. The Kier molecular flexibility index (Phi) is 8.43. The monoisotopic (exact) mass is 469 g/mol. The standard InChI is InChI=1S/C24H28ClN5O3/c1-15(13-22(32)28-20-14-17(25)9-8-16(20)2)12-21(31)26-10-5-11-27-23-18-6-3-4-7-19(18)24(33)30-29-23/h3-4,6-9,14-15H,5,10-13H2,1-2H3,(H,26,31)(H,27,29)(H,28,32)(H,30,33). The van der Waals surface area contributed by atoms with Crippen molar-refractivity contribution in [3.05, 3.63) is 63.4 Å². The average molecular weight is 470 g/mol. The molecule has 9 heteroatoms. The summed E-state index contributed by atoms with van der Waals surface area (Å²) in [4.78, 5) is 36.3. The van der Waals surface area contributed by atoms with Crippen LogP contribution in [0.15, 0.2) is 47.3 Å². The molecule has 1 aromatic heterocycles. The lowest BCUT2D eigenvalue weighted by Gasteiger charge is -2.13. The fraction of sp³-hybridized carbons (Fsp3) is 0.333. The second-order valence-corrected chi connectivity index (χ2v) is 8.53. The number of fused-ring (bicyclic) bond motifs is 1. The van der Waals surface area contributed by atoms with E-state index in [-0.39, 0.29) is 36.1 Å². The molecule has 174 valence electrons. The van der Waals surface area contributed by atoms with Gasteiger partial charge in [-0.1, -0.05) is 42.8 Å². The van der Waals surface area contributed by atoms with Gasteiger partial charge in [-0.3, -0.25) is 14.4 Å². The molecule has 1 unspecified atom stereocenters. The van der Waals surface area contributed by atoms with Gasteiger partial charge in [0.1, 0.15) is 0 Å². The molecule has 4 N–H and O–H groups in total. The molecule has 0 aliphatic carbocycles. The quantitative estimate of drug-likeness (QED) is 0.336. The van der Waals surface area contributed by atoms with Gasteiger partial charge in [0.25, 0.3) is 5.56 Å². The summed E-state index contributed by atoms with van der Waals surface area (Å²) in [6.07, 6.45) is 1.19. The third-order valence-corrected chi connectivity index (χ3v) is 5.44. The maximum absolute atomic E-state index is 12.3. The highest BCUT2D eigenvalue weighted by atomic mass is 35.5. The molecule has 0 bridgehead atoms. The largest absolute Gasteiger partial charge is 0.368 e. The van der Waals surface area contributed by atoms with Crippen LogP contribution < -0.4 is 21.5 Å². The van der Waals surface area contributed by atoms with Crippen LogP contribution in [0.3, 0.4) is 0 Å². The number of aryl methyl sites for hydroxylation is 1. The zero-order chi connectivity index (χ0) is 23.8. The number of H-pyrrole nitrogens is 1. The van der Waals surface area contributed by atoms with Crippen LogP contribution in [0.2, 0.25) is 5.02 Å².